The van der Waals surface area contributed by atoms with Crippen molar-refractivity contribution < 1.29 is 13.9 Å². The number of likely N-dealkylation sites (N-methyl/N-ethyl adjacent to an activating group) is 1. The Balaban J connectivity index is 1.96. The standard InChI is InChI=1S/C21H23FN4O2/c1-25(2)13-12-23-21(27)20-14-19(15-4-10-18(28-3)11-5-15)24-26(20)17-8-6-16(22)7-9-17/h4-11,14H,12-13H2,1-3H3,(H,23,27). The molecule has 1 heterocycles. The second-order valence-corrected chi connectivity index (χ2v) is 6.59. The number of hydrogen-bond acceptors (Lipinski definition) is 4. The van der Waals surface area contributed by atoms with E-state index in [1.807, 2.05) is 43.3 Å². The first-order valence-electron chi connectivity index (χ1n) is 8.91. The number of methoxy groups -OCH3 is 1. The third kappa shape index (κ3) is 4.55. The number of halogens is 1. The van der Waals surface area contributed by atoms with E-state index in [0.29, 0.717) is 23.6 Å². The first-order chi connectivity index (χ1) is 13.5. The molecule has 1 N–H and O–H groups in total. The number of hydrogen-bond donors (Lipinski definition) is 1. The molecule has 1 amide bonds. The molecule has 7 heteroatoms. The molecule has 0 spiro atoms. The van der Waals surface area contributed by atoms with Crippen molar-refractivity contribution in [2.75, 3.05) is 34.3 Å². The Morgan fingerprint density at radius 2 is 1.82 bits per heavy atom. The Bertz CT molecular complexity index is 934. The number of nitrogens with zero attached hydrogens (tertiary/aromatic N) is 3. The third-order valence-electron chi connectivity index (χ3n) is 4.24. The largest absolute Gasteiger partial charge is 0.497 e. The van der Waals surface area contributed by atoms with Crippen molar-refractivity contribution in [1.82, 2.24) is 20.0 Å². The Labute approximate surface area is 163 Å². The molecule has 2 aromatic carbocycles. The van der Waals surface area contributed by atoms with E-state index in [1.54, 1.807) is 25.3 Å². The Hall–Kier alpha value is -3.19. The second kappa shape index (κ2) is 8.67. The van der Waals surface area contributed by atoms with Crippen molar-refractivity contribution in [3.8, 4) is 22.7 Å². The Kier molecular flexibility index (Phi) is 6.06. The Morgan fingerprint density at radius 3 is 2.43 bits per heavy atom. The van der Waals surface area contributed by atoms with Crippen molar-refractivity contribution in [3.05, 3.63) is 66.1 Å². The van der Waals surface area contributed by atoms with Crippen molar-refractivity contribution in [1.29, 1.82) is 0 Å². The zero-order valence-corrected chi connectivity index (χ0v) is 16.1. The number of benzene rings is 2. The first-order valence-corrected chi connectivity index (χ1v) is 8.91. The summed E-state index contributed by atoms with van der Waals surface area (Å²) in [6, 6.07) is 15.0. The number of carbonyl (C=O) groups is 1. The molecule has 0 atom stereocenters. The summed E-state index contributed by atoms with van der Waals surface area (Å²) < 4.78 is 20.0. The minimum Gasteiger partial charge on any atom is -0.497 e. The van der Waals surface area contributed by atoms with Crippen molar-refractivity contribution in [2.24, 2.45) is 0 Å². The maximum absolute atomic E-state index is 13.3. The first kappa shape index (κ1) is 19.6. The molecule has 0 bridgehead atoms. The molecular formula is C21H23FN4O2. The van der Waals surface area contributed by atoms with Gasteiger partial charge in [0.05, 0.1) is 18.5 Å². The van der Waals surface area contributed by atoms with E-state index in [4.69, 9.17) is 4.74 Å². The minimum absolute atomic E-state index is 0.238. The molecule has 6 nitrogen and oxygen atoms in total. The Morgan fingerprint density at radius 1 is 1.14 bits per heavy atom. The monoisotopic (exact) mass is 382 g/mol. The molecule has 0 aliphatic rings. The molecule has 3 aromatic rings. The normalized spacial score (nSPS) is 10.9. The molecule has 0 fully saturated rings. The summed E-state index contributed by atoms with van der Waals surface area (Å²) in [4.78, 5) is 14.7. The fourth-order valence-electron chi connectivity index (χ4n) is 2.71. The number of nitrogens with one attached hydrogen (secondary N) is 1. The van der Waals surface area contributed by atoms with E-state index in [0.717, 1.165) is 17.9 Å². The summed E-state index contributed by atoms with van der Waals surface area (Å²) in [5, 5.41) is 7.48. The highest BCUT2D eigenvalue weighted by Crippen LogP contribution is 2.24. The van der Waals surface area contributed by atoms with Gasteiger partial charge in [-0.05, 0) is 68.7 Å². The maximum atomic E-state index is 13.3. The van der Waals surface area contributed by atoms with Gasteiger partial charge in [0.15, 0.2) is 0 Å². The number of ether oxygens (including phenoxy) is 1. The quantitative estimate of drug-likeness (QED) is 0.683. The van der Waals surface area contributed by atoms with Crippen molar-refractivity contribution in [3.63, 3.8) is 0 Å². The smallest absolute Gasteiger partial charge is 0.270 e. The maximum Gasteiger partial charge on any atom is 0.270 e. The molecule has 0 saturated heterocycles. The number of rotatable bonds is 7. The highest BCUT2D eigenvalue weighted by molar-refractivity contribution is 5.94. The van der Waals surface area contributed by atoms with Crippen LogP contribution in [0, 0.1) is 5.82 Å². The molecular weight excluding hydrogens is 359 g/mol. The number of amides is 1. The van der Waals surface area contributed by atoms with Gasteiger partial charge in [0.2, 0.25) is 0 Å². The van der Waals surface area contributed by atoms with Crippen molar-refractivity contribution >= 4 is 5.91 Å². The van der Waals surface area contributed by atoms with E-state index in [2.05, 4.69) is 10.4 Å². The summed E-state index contributed by atoms with van der Waals surface area (Å²) in [6.45, 7) is 1.24. The van der Waals surface area contributed by atoms with E-state index >= 15 is 0 Å². The lowest BCUT2D eigenvalue weighted by Gasteiger charge is -2.11. The molecule has 1 aromatic heterocycles. The summed E-state index contributed by atoms with van der Waals surface area (Å²) in [5.41, 5.74) is 2.49. The van der Waals surface area contributed by atoms with Gasteiger partial charge in [-0.15, -0.1) is 0 Å². The summed E-state index contributed by atoms with van der Waals surface area (Å²) in [5.74, 6) is 0.157. The molecule has 0 radical (unpaired) electrons. The molecule has 28 heavy (non-hydrogen) atoms. The van der Waals surface area contributed by atoms with Crippen molar-refractivity contribution in [2.45, 2.75) is 0 Å². The van der Waals surface area contributed by atoms with Crippen LogP contribution in [0.15, 0.2) is 54.6 Å². The summed E-state index contributed by atoms with van der Waals surface area (Å²) >= 11 is 0. The number of carbonyl (C=O) groups excluding carboxylic acids is 1. The van der Waals surface area contributed by atoms with Gasteiger partial charge in [-0.3, -0.25) is 4.79 Å². The van der Waals surface area contributed by atoms with E-state index < -0.39 is 0 Å². The fraction of sp³-hybridized carbons (Fsp3) is 0.238. The van der Waals surface area contributed by atoms with Crippen LogP contribution in [0.1, 0.15) is 10.5 Å². The van der Waals surface area contributed by atoms with Crippen LogP contribution in [0.4, 0.5) is 4.39 Å². The molecule has 0 saturated carbocycles. The molecule has 146 valence electrons. The number of aromatic nitrogens is 2. The average Bonchev–Trinajstić information content (AvgIpc) is 3.14. The second-order valence-electron chi connectivity index (χ2n) is 6.59. The van der Waals surface area contributed by atoms with Gasteiger partial charge in [-0.25, -0.2) is 9.07 Å². The lowest BCUT2D eigenvalue weighted by Crippen LogP contribution is -2.32. The van der Waals surface area contributed by atoms with Crippen LogP contribution in [-0.4, -0.2) is 54.9 Å². The molecule has 3 rings (SSSR count). The minimum atomic E-state index is -0.344. The lowest BCUT2D eigenvalue weighted by atomic mass is 10.1. The third-order valence-corrected chi connectivity index (χ3v) is 4.24. The highest BCUT2D eigenvalue weighted by Gasteiger charge is 2.17. The van der Waals surface area contributed by atoms with E-state index in [-0.39, 0.29) is 11.7 Å². The van der Waals surface area contributed by atoms with Gasteiger partial charge in [-0.2, -0.15) is 5.10 Å². The molecule has 0 aliphatic heterocycles. The van der Waals surface area contributed by atoms with Gasteiger partial charge in [0, 0.05) is 18.7 Å². The van der Waals surface area contributed by atoms with Crippen LogP contribution in [0.5, 0.6) is 5.75 Å². The van der Waals surface area contributed by atoms with E-state index in [1.165, 1.54) is 16.8 Å². The molecule has 0 aliphatic carbocycles. The van der Waals surface area contributed by atoms with Gasteiger partial charge in [0.25, 0.3) is 5.91 Å². The van der Waals surface area contributed by atoms with Crippen LogP contribution >= 0.6 is 0 Å². The zero-order valence-electron chi connectivity index (χ0n) is 16.1. The van der Waals surface area contributed by atoms with Crippen LogP contribution in [0.25, 0.3) is 16.9 Å². The van der Waals surface area contributed by atoms with Gasteiger partial charge in [-0.1, -0.05) is 0 Å². The van der Waals surface area contributed by atoms with Gasteiger partial charge < -0.3 is 15.0 Å². The lowest BCUT2D eigenvalue weighted by molar-refractivity contribution is 0.0943. The van der Waals surface area contributed by atoms with Crippen LogP contribution in [0.3, 0.4) is 0 Å². The van der Waals surface area contributed by atoms with Crippen LogP contribution in [-0.2, 0) is 0 Å². The molecule has 0 unspecified atom stereocenters. The predicted octanol–water partition coefficient (Wildman–Crippen LogP) is 2.98. The topological polar surface area (TPSA) is 59.4 Å². The summed E-state index contributed by atoms with van der Waals surface area (Å²) in [7, 11) is 5.49. The van der Waals surface area contributed by atoms with E-state index in [9.17, 15) is 9.18 Å². The zero-order chi connectivity index (χ0) is 20.1. The SMILES string of the molecule is COc1ccc(-c2cc(C(=O)NCCN(C)C)n(-c3ccc(F)cc3)n2)cc1. The van der Waals surface area contributed by atoms with Gasteiger partial charge >= 0.3 is 0 Å². The fourth-order valence-corrected chi connectivity index (χ4v) is 2.71. The predicted molar refractivity (Wildman–Crippen MR) is 106 cm³/mol. The van der Waals surface area contributed by atoms with Gasteiger partial charge in [0.1, 0.15) is 17.3 Å². The summed E-state index contributed by atoms with van der Waals surface area (Å²) in [6.07, 6.45) is 0. The van der Waals surface area contributed by atoms with Crippen LogP contribution < -0.4 is 10.1 Å². The highest BCUT2D eigenvalue weighted by atomic mass is 19.1. The van der Waals surface area contributed by atoms with Crippen LogP contribution in [0.2, 0.25) is 0 Å². The average molecular weight is 382 g/mol.